The molecule has 6 heteroatoms. The number of para-hydroxylation sites is 6. The van der Waals surface area contributed by atoms with Gasteiger partial charge in [0.1, 0.15) is 0 Å². The van der Waals surface area contributed by atoms with Gasteiger partial charge in [-0.1, -0.05) is 156 Å². The fraction of sp³-hybridized carbons (Fsp3) is 0.176. The van der Waals surface area contributed by atoms with E-state index in [1.165, 1.54) is 97.1 Å². The fourth-order valence-electron chi connectivity index (χ4n) is 6.15. The van der Waals surface area contributed by atoms with Gasteiger partial charge in [0.05, 0.1) is 22.7 Å². The van der Waals surface area contributed by atoms with Gasteiger partial charge in [-0.2, -0.15) is 0 Å². The van der Waals surface area contributed by atoms with Gasteiger partial charge < -0.3 is 16.0 Å². The molecular weight excluding hydrogens is 799 g/mol. The molecule has 0 fully saturated rings. The topological polar surface area (TPSA) is 36.1 Å². The van der Waals surface area contributed by atoms with E-state index in [2.05, 4.69) is 196 Å². The van der Waals surface area contributed by atoms with Crippen molar-refractivity contribution in [1.82, 2.24) is 0 Å². The van der Waals surface area contributed by atoms with E-state index in [0.29, 0.717) is 0 Å². The first-order chi connectivity index (χ1) is 27.6. The summed E-state index contributed by atoms with van der Waals surface area (Å²) < 4.78 is 1.18. The Hall–Kier alpha value is -4.88. The van der Waals surface area contributed by atoms with Crippen molar-refractivity contribution in [2.45, 2.75) is 81.9 Å². The molecule has 0 atom stereocenters. The lowest BCUT2D eigenvalue weighted by Crippen LogP contribution is -2.03. The number of benzene rings is 7. The number of hydrogen-bond acceptors (Lipinski definition) is 5. The van der Waals surface area contributed by atoms with Crippen molar-refractivity contribution in [2.75, 3.05) is 16.0 Å². The van der Waals surface area contributed by atoms with Gasteiger partial charge in [0.15, 0.2) is 0 Å². The zero-order chi connectivity index (χ0) is 40.9. The van der Waals surface area contributed by atoms with E-state index in [4.69, 9.17) is 0 Å². The van der Waals surface area contributed by atoms with E-state index >= 15 is 0 Å². The van der Waals surface area contributed by atoms with Crippen molar-refractivity contribution in [1.29, 1.82) is 0 Å². The van der Waals surface area contributed by atoms with E-state index in [9.17, 15) is 0 Å². The molecule has 9 rings (SSSR count). The normalized spacial score (nSPS) is 11.1. The average molecular weight is 853 g/mol. The molecule has 0 aromatic heterocycles. The average Bonchev–Trinajstić information content (AvgIpc) is 3.22. The van der Waals surface area contributed by atoms with E-state index < -0.39 is 0 Å². The molecule has 7 aromatic rings. The summed E-state index contributed by atoms with van der Waals surface area (Å²) in [4.78, 5) is 5.27. The van der Waals surface area contributed by atoms with Crippen LogP contribution in [0.1, 0.15) is 52.8 Å². The van der Waals surface area contributed by atoms with Crippen molar-refractivity contribution in [2.24, 2.45) is 0 Å². The van der Waals surface area contributed by atoms with Gasteiger partial charge in [0.2, 0.25) is 0 Å². The SMILES string of the molecule is CC.Cc1cccc2c1Nc1c(C)cccc1S2.Cc1cccc2c1Nc1c(C)cccc1S2.Cc1ccccc1Br.Cc1ccccc1Nc1ccccc1C. The minimum Gasteiger partial charge on any atom is -0.355 e. The highest BCUT2D eigenvalue weighted by Gasteiger charge is 2.19. The predicted octanol–water partition coefficient (Wildman–Crippen LogP) is 16.9. The molecule has 2 aliphatic rings. The largest absolute Gasteiger partial charge is 0.355 e. The molecular formula is C51H54BrN3S2. The Bertz CT molecular complexity index is 2160. The first-order valence-corrected chi connectivity index (χ1v) is 21.9. The summed E-state index contributed by atoms with van der Waals surface area (Å²) in [6.07, 6.45) is 0. The van der Waals surface area contributed by atoms with Crippen molar-refractivity contribution >= 4 is 73.6 Å². The van der Waals surface area contributed by atoms with Crippen LogP contribution in [-0.4, -0.2) is 0 Å². The number of halogens is 1. The van der Waals surface area contributed by atoms with E-state index in [0.717, 1.165) is 0 Å². The molecule has 0 unspecified atom stereocenters. The third kappa shape index (κ3) is 11.4. The summed E-state index contributed by atoms with van der Waals surface area (Å²) >= 11 is 7.09. The zero-order valence-electron chi connectivity index (χ0n) is 34.6. The van der Waals surface area contributed by atoms with E-state index in [-0.39, 0.29) is 0 Å². The molecule has 0 amide bonds. The number of rotatable bonds is 2. The molecule has 0 spiro atoms. The fourth-order valence-corrected chi connectivity index (χ4v) is 8.75. The maximum atomic E-state index is 3.56. The van der Waals surface area contributed by atoms with Crippen LogP contribution >= 0.6 is 39.5 Å². The molecule has 0 radical (unpaired) electrons. The van der Waals surface area contributed by atoms with Crippen LogP contribution in [0.2, 0.25) is 0 Å². The lowest BCUT2D eigenvalue weighted by molar-refractivity contribution is 1.25. The second-order valence-electron chi connectivity index (χ2n) is 13.8. The maximum absolute atomic E-state index is 3.56. The first-order valence-electron chi connectivity index (χ1n) is 19.5. The Morgan fingerprint density at radius 1 is 0.351 bits per heavy atom. The van der Waals surface area contributed by atoms with Crippen molar-refractivity contribution < 1.29 is 0 Å². The summed E-state index contributed by atoms with van der Waals surface area (Å²) in [6.45, 7) is 18.9. The standard InChI is InChI=1S/2C14H13NS.C14H15N.C7H7Br.C2H6/c2*1-9-5-3-7-11-13(9)15-14-10(2)6-4-8-12(14)16-11;1-11-7-3-5-9-13(11)15-14-10-6-4-8-12(14)2;1-6-4-2-3-5-7(6)8;1-2/h2*3-8,15H,1-2H3;3-10,15H,1-2H3;2-5H,1H3;1-2H3. The molecule has 0 bridgehead atoms. The summed E-state index contributed by atoms with van der Waals surface area (Å²) in [7, 11) is 0. The van der Waals surface area contributed by atoms with Gasteiger partial charge in [-0.3, -0.25) is 0 Å². The zero-order valence-corrected chi connectivity index (χ0v) is 37.8. The van der Waals surface area contributed by atoms with E-state index in [1.807, 2.05) is 67.7 Å². The highest BCUT2D eigenvalue weighted by molar-refractivity contribution is 9.10. The molecule has 7 aromatic carbocycles. The monoisotopic (exact) mass is 851 g/mol. The first kappa shape index (κ1) is 43.2. The van der Waals surface area contributed by atoms with Crippen LogP contribution in [0.15, 0.2) is 170 Å². The summed E-state index contributed by atoms with van der Waals surface area (Å²) in [5.74, 6) is 0. The third-order valence-corrected chi connectivity index (χ3v) is 12.6. The molecule has 3 N–H and O–H groups in total. The van der Waals surface area contributed by atoms with Gasteiger partial charge >= 0.3 is 0 Å². The Morgan fingerprint density at radius 3 is 0.912 bits per heavy atom. The van der Waals surface area contributed by atoms with Crippen LogP contribution in [0.5, 0.6) is 0 Å². The van der Waals surface area contributed by atoms with Gasteiger partial charge in [-0.25, -0.2) is 0 Å². The number of hydrogen-bond donors (Lipinski definition) is 3. The second-order valence-corrected chi connectivity index (χ2v) is 16.8. The van der Waals surface area contributed by atoms with Crippen molar-refractivity contribution in [3.05, 3.63) is 189 Å². The second kappa shape index (κ2) is 21.0. The molecule has 0 saturated heterocycles. The number of fused-ring (bicyclic) bond motifs is 4. The Kier molecular flexibility index (Phi) is 16.0. The molecule has 3 nitrogen and oxygen atoms in total. The highest BCUT2D eigenvalue weighted by Crippen LogP contribution is 2.47. The van der Waals surface area contributed by atoms with Crippen molar-refractivity contribution in [3.8, 4) is 0 Å². The van der Waals surface area contributed by atoms with Crippen LogP contribution in [0.4, 0.5) is 34.1 Å². The number of anilines is 6. The van der Waals surface area contributed by atoms with Gasteiger partial charge in [0.25, 0.3) is 0 Å². The van der Waals surface area contributed by atoms with Crippen LogP contribution in [0, 0.1) is 48.5 Å². The summed E-state index contributed by atoms with van der Waals surface area (Å²) in [6, 6.07) is 50.5. The number of nitrogens with one attached hydrogen (secondary N) is 3. The van der Waals surface area contributed by atoms with Crippen LogP contribution < -0.4 is 16.0 Å². The maximum Gasteiger partial charge on any atom is 0.0556 e. The minimum absolute atomic E-state index is 1.17. The molecule has 57 heavy (non-hydrogen) atoms. The quantitative estimate of drug-likeness (QED) is 0.162. The lowest BCUT2D eigenvalue weighted by Gasteiger charge is -2.23. The molecule has 0 saturated carbocycles. The summed E-state index contributed by atoms with van der Waals surface area (Å²) in [5.41, 5.74) is 16.4. The highest BCUT2D eigenvalue weighted by atomic mass is 79.9. The molecule has 2 aliphatic heterocycles. The van der Waals surface area contributed by atoms with Gasteiger partial charge in [0, 0.05) is 35.4 Å². The minimum atomic E-state index is 1.17. The van der Waals surface area contributed by atoms with Gasteiger partial charge in [-0.05, 0) is 130 Å². The third-order valence-electron chi connectivity index (χ3n) is 9.51. The molecule has 2 heterocycles. The molecule has 292 valence electrons. The van der Waals surface area contributed by atoms with Gasteiger partial charge in [-0.15, -0.1) is 0 Å². The summed E-state index contributed by atoms with van der Waals surface area (Å²) in [5, 5.41) is 10.6. The predicted molar refractivity (Wildman–Crippen MR) is 255 cm³/mol. The van der Waals surface area contributed by atoms with E-state index in [1.54, 1.807) is 0 Å². The van der Waals surface area contributed by atoms with Crippen LogP contribution in [-0.2, 0) is 0 Å². The Morgan fingerprint density at radius 2 is 0.632 bits per heavy atom. The Labute approximate surface area is 358 Å². The van der Waals surface area contributed by atoms with Crippen LogP contribution in [0.3, 0.4) is 0 Å². The lowest BCUT2D eigenvalue weighted by atomic mass is 10.1. The number of aryl methyl sites for hydroxylation is 7. The van der Waals surface area contributed by atoms with Crippen molar-refractivity contribution in [3.63, 3.8) is 0 Å². The Balaban J connectivity index is 0.000000146. The van der Waals surface area contributed by atoms with Crippen LogP contribution in [0.25, 0.3) is 0 Å². The smallest absolute Gasteiger partial charge is 0.0556 e. The molecule has 0 aliphatic carbocycles.